The lowest BCUT2D eigenvalue weighted by Crippen LogP contribution is -2.28. The van der Waals surface area contributed by atoms with Gasteiger partial charge in [-0.3, -0.25) is 4.79 Å². The van der Waals surface area contributed by atoms with Crippen molar-refractivity contribution in [2.45, 2.75) is 5.51 Å². The van der Waals surface area contributed by atoms with Crippen LogP contribution in [0.5, 0.6) is 11.6 Å². The van der Waals surface area contributed by atoms with E-state index in [9.17, 15) is 26.4 Å². The highest BCUT2D eigenvalue weighted by Crippen LogP contribution is 2.31. The van der Waals surface area contributed by atoms with Gasteiger partial charge in [0.1, 0.15) is 5.52 Å². The summed E-state index contributed by atoms with van der Waals surface area (Å²) in [5.74, 6) is -0.869. The highest BCUT2D eigenvalue weighted by atomic mass is 32.2. The van der Waals surface area contributed by atoms with Crippen molar-refractivity contribution in [3.63, 3.8) is 0 Å². The predicted molar refractivity (Wildman–Crippen MR) is 64.5 cm³/mol. The van der Waals surface area contributed by atoms with E-state index >= 15 is 0 Å². The molecular weight excluding hydrogens is 317 g/mol. The molecule has 2 aromatic heterocycles. The molecule has 0 spiro atoms. The summed E-state index contributed by atoms with van der Waals surface area (Å²) in [6.07, 6.45) is 1.16. The molecule has 0 saturated heterocycles. The van der Waals surface area contributed by atoms with E-state index in [4.69, 9.17) is 4.74 Å². The van der Waals surface area contributed by atoms with E-state index in [1.54, 1.807) is 0 Å². The molecule has 0 aromatic carbocycles. The first-order valence-corrected chi connectivity index (χ1v) is 6.63. The maximum atomic E-state index is 12.3. The molecule has 2 rings (SSSR count). The molecule has 0 aliphatic carbocycles. The average molecular weight is 324 g/mol. The molecular formula is C10H7F3N2O5S. The minimum atomic E-state index is -5.89. The number of rotatable bonds is 3. The third kappa shape index (κ3) is 2.77. The van der Waals surface area contributed by atoms with Crippen molar-refractivity contribution in [2.24, 2.45) is 0 Å². The minimum absolute atomic E-state index is 0.0834. The molecule has 0 amide bonds. The first-order chi connectivity index (χ1) is 9.65. The molecule has 0 unspecified atom stereocenters. The Hall–Kier alpha value is -2.30. The van der Waals surface area contributed by atoms with Crippen LogP contribution in [0, 0.1) is 0 Å². The molecule has 114 valence electrons. The third-order valence-electron chi connectivity index (χ3n) is 2.37. The summed E-state index contributed by atoms with van der Waals surface area (Å²) in [4.78, 5) is 17.4. The number of nitrogens with zero attached hydrogens (tertiary/aromatic N) is 1. The molecule has 0 bridgehead atoms. The molecule has 0 fully saturated rings. The maximum absolute atomic E-state index is 12.3. The van der Waals surface area contributed by atoms with Gasteiger partial charge in [-0.15, -0.1) is 0 Å². The number of hydrogen-bond donors (Lipinski definition) is 1. The molecule has 1 N–H and O–H groups in total. The second-order valence-electron chi connectivity index (χ2n) is 3.72. The number of aromatic amines is 1. The third-order valence-corrected chi connectivity index (χ3v) is 3.33. The van der Waals surface area contributed by atoms with Gasteiger partial charge in [-0.05, 0) is 6.07 Å². The van der Waals surface area contributed by atoms with Crippen LogP contribution in [0.1, 0.15) is 0 Å². The number of aromatic nitrogens is 2. The fraction of sp³-hybridized carbons (Fsp3) is 0.200. The molecule has 2 aromatic rings. The van der Waals surface area contributed by atoms with Crippen molar-refractivity contribution in [1.82, 2.24) is 9.97 Å². The summed E-state index contributed by atoms with van der Waals surface area (Å²) in [6.45, 7) is 0. The van der Waals surface area contributed by atoms with Gasteiger partial charge in [0.25, 0.3) is 5.56 Å². The van der Waals surface area contributed by atoms with Crippen LogP contribution in [-0.4, -0.2) is 31.0 Å². The molecule has 0 aliphatic heterocycles. The van der Waals surface area contributed by atoms with Gasteiger partial charge in [-0.1, -0.05) is 0 Å². The number of alkyl halides is 3. The summed E-state index contributed by atoms with van der Waals surface area (Å²) in [6, 6.07) is 1.76. The largest absolute Gasteiger partial charge is 0.534 e. The number of nitrogens with one attached hydrogen (secondary N) is 1. The predicted octanol–water partition coefficient (Wildman–Crippen LogP) is 1.16. The highest BCUT2D eigenvalue weighted by Gasteiger charge is 2.48. The van der Waals surface area contributed by atoms with Gasteiger partial charge in [0.2, 0.25) is 5.88 Å². The fourth-order valence-corrected chi connectivity index (χ4v) is 1.98. The van der Waals surface area contributed by atoms with Crippen molar-refractivity contribution >= 4 is 21.0 Å². The Morgan fingerprint density at radius 2 is 2.00 bits per heavy atom. The normalized spacial score (nSPS) is 12.4. The summed E-state index contributed by atoms with van der Waals surface area (Å²) >= 11 is 0. The Labute approximate surface area is 115 Å². The minimum Gasteiger partial charge on any atom is -0.479 e. The number of fused-ring (bicyclic) bond motifs is 1. The van der Waals surface area contributed by atoms with Crippen LogP contribution in [0.2, 0.25) is 0 Å². The topological polar surface area (TPSA) is 98.3 Å². The Kier molecular flexibility index (Phi) is 3.53. The Morgan fingerprint density at radius 3 is 2.57 bits per heavy atom. The second kappa shape index (κ2) is 4.91. The van der Waals surface area contributed by atoms with Crippen LogP contribution in [0.15, 0.2) is 23.1 Å². The van der Waals surface area contributed by atoms with Gasteiger partial charge in [-0.25, -0.2) is 4.98 Å². The van der Waals surface area contributed by atoms with Gasteiger partial charge in [0.15, 0.2) is 5.75 Å². The van der Waals surface area contributed by atoms with Gasteiger partial charge >= 0.3 is 15.6 Å². The van der Waals surface area contributed by atoms with E-state index < -0.39 is 26.9 Å². The summed E-state index contributed by atoms with van der Waals surface area (Å²) < 4.78 is 67.9. The molecule has 21 heavy (non-hydrogen) atoms. The monoisotopic (exact) mass is 324 g/mol. The Bertz CT molecular complexity index is 844. The number of pyridine rings is 2. The smallest absolute Gasteiger partial charge is 0.479 e. The van der Waals surface area contributed by atoms with Crippen molar-refractivity contribution in [1.29, 1.82) is 0 Å². The number of ether oxygens (including phenoxy) is 1. The molecule has 11 heteroatoms. The fourth-order valence-electron chi connectivity index (χ4n) is 1.51. The van der Waals surface area contributed by atoms with E-state index in [1.165, 1.54) is 13.2 Å². The zero-order valence-electron chi connectivity index (χ0n) is 10.3. The van der Waals surface area contributed by atoms with E-state index in [-0.39, 0.29) is 16.8 Å². The summed E-state index contributed by atoms with van der Waals surface area (Å²) in [5, 5.41) is -0.103. The van der Waals surface area contributed by atoms with Crippen LogP contribution in [0.3, 0.4) is 0 Å². The van der Waals surface area contributed by atoms with Crippen molar-refractivity contribution < 1.29 is 30.5 Å². The van der Waals surface area contributed by atoms with E-state index in [2.05, 4.69) is 14.2 Å². The SMILES string of the molecule is COc1nccc2c(OS(=O)(=O)C(F)(F)F)cc(=O)[nH]c12. The van der Waals surface area contributed by atoms with Gasteiger partial charge in [0, 0.05) is 17.6 Å². The molecule has 7 nitrogen and oxygen atoms in total. The standard InChI is InChI=1S/C10H7F3N2O5S/c1-19-9-8-5(2-3-14-9)6(4-7(16)15-8)20-21(17,18)10(11,12)13/h2-4H,1H3,(H,15,16). The van der Waals surface area contributed by atoms with Gasteiger partial charge < -0.3 is 13.9 Å². The molecule has 0 radical (unpaired) electrons. The van der Waals surface area contributed by atoms with Crippen LogP contribution in [0.25, 0.3) is 10.9 Å². The number of H-pyrrole nitrogens is 1. The van der Waals surface area contributed by atoms with E-state index in [0.29, 0.717) is 6.07 Å². The van der Waals surface area contributed by atoms with Crippen molar-refractivity contribution in [3.05, 3.63) is 28.7 Å². The van der Waals surface area contributed by atoms with Gasteiger partial charge in [0.05, 0.1) is 7.11 Å². The van der Waals surface area contributed by atoms with E-state index in [1.807, 2.05) is 0 Å². The molecule has 0 atom stereocenters. The molecule has 0 saturated carbocycles. The molecule has 0 aliphatic rings. The molecule has 2 heterocycles. The quantitative estimate of drug-likeness (QED) is 0.672. The van der Waals surface area contributed by atoms with Crippen LogP contribution >= 0.6 is 0 Å². The van der Waals surface area contributed by atoms with Crippen LogP contribution in [0.4, 0.5) is 13.2 Å². The van der Waals surface area contributed by atoms with E-state index in [0.717, 1.165) is 6.20 Å². The zero-order valence-corrected chi connectivity index (χ0v) is 11.1. The van der Waals surface area contributed by atoms with Crippen LogP contribution < -0.4 is 14.5 Å². The average Bonchev–Trinajstić information content (AvgIpc) is 2.36. The lowest BCUT2D eigenvalue weighted by atomic mass is 10.2. The lowest BCUT2D eigenvalue weighted by Gasteiger charge is -2.11. The van der Waals surface area contributed by atoms with Crippen molar-refractivity contribution in [2.75, 3.05) is 7.11 Å². The zero-order chi connectivity index (χ0) is 15.8. The highest BCUT2D eigenvalue weighted by molar-refractivity contribution is 7.88. The lowest BCUT2D eigenvalue weighted by molar-refractivity contribution is -0.0499. The first kappa shape index (κ1) is 15.1. The Balaban J connectivity index is 2.69. The Morgan fingerprint density at radius 1 is 1.33 bits per heavy atom. The number of hydrogen-bond acceptors (Lipinski definition) is 6. The first-order valence-electron chi connectivity index (χ1n) is 5.22. The maximum Gasteiger partial charge on any atom is 0.534 e. The van der Waals surface area contributed by atoms with Gasteiger partial charge in [-0.2, -0.15) is 21.6 Å². The summed E-state index contributed by atoms with van der Waals surface area (Å²) in [5.41, 5.74) is -6.57. The summed E-state index contributed by atoms with van der Waals surface area (Å²) in [7, 11) is -4.67. The number of halogens is 3. The van der Waals surface area contributed by atoms with Crippen LogP contribution in [-0.2, 0) is 10.1 Å². The second-order valence-corrected chi connectivity index (χ2v) is 5.26. The number of methoxy groups -OCH3 is 1. The van der Waals surface area contributed by atoms with Crippen molar-refractivity contribution in [3.8, 4) is 11.6 Å².